The number of nitrogens with two attached hydrogens (primary N) is 1. The van der Waals surface area contributed by atoms with Crippen molar-refractivity contribution in [3.8, 4) is 6.07 Å². The topological polar surface area (TPSA) is 99.6 Å². The molecule has 0 radical (unpaired) electrons. The van der Waals surface area contributed by atoms with E-state index in [1.807, 2.05) is 24.3 Å². The van der Waals surface area contributed by atoms with E-state index in [0.29, 0.717) is 47.2 Å². The highest BCUT2D eigenvalue weighted by Gasteiger charge is 2.54. The van der Waals surface area contributed by atoms with Gasteiger partial charge in [-0.1, -0.05) is 18.2 Å². The molecular formula is C23H28N6S. The fraction of sp³-hybridized carbons (Fsp3) is 0.522. The van der Waals surface area contributed by atoms with E-state index in [1.54, 1.807) is 6.20 Å². The Morgan fingerprint density at radius 3 is 2.67 bits per heavy atom. The fourth-order valence-corrected chi connectivity index (χ4v) is 6.48. The van der Waals surface area contributed by atoms with Gasteiger partial charge in [0.2, 0.25) is 5.95 Å². The first-order chi connectivity index (χ1) is 14.5. The molecule has 1 aromatic heterocycles. The molecule has 4 fully saturated rings. The number of benzene rings is 1. The Bertz CT molecular complexity index is 970. The molecule has 1 aromatic carbocycles. The molecule has 6 rings (SSSR count). The van der Waals surface area contributed by atoms with E-state index in [-0.39, 0.29) is 0 Å². The van der Waals surface area contributed by atoms with Crippen molar-refractivity contribution in [2.24, 2.45) is 28.9 Å². The largest absolute Gasteiger partial charge is 0.368 e. The summed E-state index contributed by atoms with van der Waals surface area (Å²) in [6.07, 6.45) is 7.88. The number of rotatable bonds is 6. The average Bonchev–Trinajstić information content (AvgIpc) is 2.75. The molecule has 0 amide bonds. The molecule has 1 heterocycles. The van der Waals surface area contributed by atoms with Crippen molar-refractivity contribution < 1.29 is 0 Å². The number of hydrogen-bond acceptors (Lipinski definition) is 7. The van der Waals surface area contributed by atoms with Gasteiger partial charge in [-0.25, -0.2) is 4.98 Å². The molecule has 2 aromatic rings. The Hall–Kier alpha value is -2.30. The third-order valence-corrected chi connectivity index (χ3v) is 7.88. The minimum Gasteiger partial charge on any atom is -0.368 e. The summed E-state index contributed by atoms with van der Waals surface area (Å²) < 4.78 is 0. The van der Waals surface area contributed by atoms with E-state index in [4.69, 9.17) is 5.73 Å². The van der Waals surface area contributed by atoms with Crippen molar-refractivity contribution in [2.75, 3.05) is 17.2 Å². The zero-order chi connectivity index (χ0) is 20.7. The normalized spacial score (nSPS) is 31.4. The Labute approximate surface area is 183 Å². The summed E-state index contributed by atoms with van der Waals surface area (Å²) in [6.45, 7) is 1.44. The lowest BCUT2D eigenvalue weighted by Crippen LogP contribution is -2.58. The minimum absolute atomic E-state index is 0.294. The molecular weight excluding hydrogens is 392 g/mol. The molecule has 7 heteroatoms. The maximum atomic E-state index is 9.53. The molecule has 0 spiro atoms. The quantitative estimate of drug-likeness (QED) is 0.530. The van der Waals surface area contributed by atoms with E-state index in [9.17, 15) is 5.26 Å². The van der Waals surface area contributed by atoms with Gasteiger partial charge >= 0.3 is 0 Å². The van der Waals surface area contributed by atoms with Crippen molar-refractivity contribution in [3.05, 3.63) is 41.6 Å². The number of nitriles is 1. The molecule has 6 nitrogen and oxygen atoms in total. The highest BCUT2D eigenvalue weighted by atomic mass is 32.1. The van der Waals surface area contributed by atoms with E-state index < -0.39 is 0 Å². The lowest BCUT2D eigenvalue weighted by molar-refractivity contribution is -0.0591. The van der Waals surface area contributed by atoms with Crippen LogP contribution in [0, 0.1) is 34.5 Å². The molecule has 0 aliphatic heterocycles. The minimum atomic E-state index is 0.294. The number of anilines is 2. The number of thiol groups is 1. The molecule has 1 unspecified atom stereocenters. The number of hydrogen-bond donors (Lipinski definition) is 4. The van der Waals surface area contributed by atoms with Gasteiger partial charge in [-0.2, -0.15) is 10.2 Å². The Kier molecular flexibility index (Phi) is 5.08. The van der Waals surface area contributed by atoms with Crippen LogP contribution in [0.4, 0.5) is 11.8 Å². The fourth-order valence-electron chi connectivity index (χ4n) is 6.24. The monoisotopic (exact) mass is 420 g/mol. The van der Waals surface area contributed by atoms with Gasteiger partial charge < -0.3 is 16.4 Å². The lowest BCUT2D eigenvalue weighted by Gasteiger charge is -2.59. The summed E-state index contributed by atoms with van der Waals surface area (Å²) in [7, 11) is 0. The molecule has 0 saturated heterocycles. The number of nitrogens with zero attached hydrogens (tertiary/aromatic N) is 3. The second-order valence-electron chi connectivity index (χ2n) is 9.45. The number of aromatic nitrogens is 2. The molecule has 4 saturated carbocycles. The first-order valence-electron chi connectivity index (χ1n) is 10.8. The summed E-state index contributed by atoms with van der Waals surface area (Å²) >= 11 is 4.49. The first-order valence-corrected chi connectivity index (χ1v) is 11.3. The molecule has 156 valence electrons. The van der Waals surface area contributed by atoms with Crippen LogP contribution < -0.4 is 16.4 Å². The lowest BCUT2D eigenvalue weighted by atomic mass is 9.48. The Morgan fingerprint density at radius 2 is 1.93 bits per heavy atom. The molecule has 4 N–H and O–H groups in total. The van der Waals surface area contributed by atoms with Crippen molar-refractivity contribution in [2.45, 2.75) is 49.6 Å². The second kappa shape index (κ2) is 7.75. The van der Waals surface area contributed by atoms with Gasteiger partial charge in [0.15, 0.2) is 0 Å². The van der Waals surface area contributed by atoms with Crippen molar-refractivity contribution in [1.29, 1.82) is 5.26 Å². The van der Waals surface area contributed by atoms with Crippen molar-refractivity contribution >= 4 is 24.4 Å². The van der Waals surface area contributed by atoms with Gasteiger partial charge in [-0.3, -0.25) is 0 Å². The van der Waals surface area contributed by atoms with Crippen LogP contribution in [0.5, 0.6) is 0 Å². The molecule has 4 aliphatic carbocycles. The standard InChI is InChI=1S/C23H28N6S/c24-10-18-12-27-22(26-11-15-3-1-2-4-19(15)30)29-21(18)28-13-23-7-14-5-16(8-23)20(25)17(6-14)9-23/h1-4,12,14,16-17,20,30H,5-9,11,13,25H2,(H2,26,27,28,29)/t14?,16-,17+,20-,23-. The highest BCUT2D eigenvalue weighted by molar-refractivity contribution is 7.80. The SMILES string of the molecule is N#Cc1cnc(NCc2ccccc2S)nc1NC[C@]12CC3C[C@H](C1)[C@@H](N)[C@@H](C3)C2. The van der Waals surface area contributed by atoms with Crippen LogP contribution in [0.25, 0.3) is 0 Å². The molecule has 30 heavy (non-hydrogen) atoms. The highest BCUT2D eigenvalue weighted by Crippen LogP contribution is 2.59. The Balaban J connectivity index is 1.29. The van der Waals surface area contributed by atoms with E-state index in [1.165, 1.54) is 32.1 Å². The van der Waals surface area contributed by atoms with Crippen LogP contribution in [-0.2, 0) is 6.54 Å². The predicted octanol–water partition coefficient (Wildman–Crippen LogP) is 3.81. The van der Waals surface area contributed by atoms with Crippen molar-refractivity contribution in [3.63, 3.8) is 0 Å². The molecule has 4 aliphatic rings. The van der Waals surface area contributed by atoms with Crippen LogP contribution in [0.2, 0.25) is 0 Å². The smallest absolute Gasteiger partial charge is 0.224 e. The third kappa shape index (κ3) is 3.63. The summed E-state index contributed by atoms with van der Waals surface area (Å²) in [5.41, 5.74) is 8.35. The molecule has 5 atom stereocenters. The van der Waals surface area contributed by atoms with Crippen LogP contribution >= 0.6 is 12.6 Å². The van der Waals surface area contributed by atoms with Crippen LogP contribution in [-0.4, -0.2) is 22.6 Å². The average molecular weight is 421 g/mol. The number of nitrogens with one attached hydrogen (secondary N) is 2. The molecule has 4 bridgehead atoms. The first kappa shape index (κ1) is 19.7. The van der Waals surface area contributed by atoms with E-state index >= 15 is 0 Å². The summed E-state index contributed by atoms with van der Waals surface area (Å²) in [5, 5.41) is 16.3. The van der Waals surface area contributed by atoms with Gasteiger partial charge in [0, 0.05) is 24.0 Å². The van der Waals surface area contributed by atoms with Gasteiger partial charge in [-0.05, 0) is 66.9 Å². The van der Waals surface area contributed by atoms with Gasteiger partial charge in [0.25, 0.3) is 0 Å². The van der Waals surface area contributed by atoms with Crippen LogP contribution in [0.15, 0.2) is 35.4 Å². The summed E-state index contributed by atoms with van der Waals surface area (Å²) in [6, 6.07) is 10.5. The van der Waals surface area contributed by atoms with Crippen LogP contribution in [0.1, 0.15) is 43.2 Å². The predicted molar refractivity (Wildman–Crippen MR) is 120 cm³/mol. The van der Waals surface area contributed by atoms with Gasteiger partial charge in [0.05, 0.1) is 6.20 Å². The third-order valence-electron chi connectivity index (χ3n) is 7.44. The zero-order valence-corrected chi connectivity index (χ0v) is 17.9. The van der Waals surface area contributed by atoms with Crippen LogP contribution in [0.3, 0.4) is 0 Å². The maximum Gasteiger partial charge on any atom is 0.224 e. The summed E-state index contributed by atoms with van der Waals surface area (Å²) in [5.74, 6) is 3.29. The summed E-state index contributed by atoms with van der Waals surface area (Å²) in [4.78, 5) is 9.86. The van der Waals surface area contributed by atoms with Gasteiger partial charge in [0.1, 0.15) is 17.5 Å². The second-order valence-corrected chi connectivity index (χ2v) is 9.93. The van der Waals surface area contributed by atoms with Gasteiger partial charge in [-0.15, -0.1) is 12.6 Å². The Morgan fingerprint density at radius 1 is 1.17 bits per heavy atom. The van der Waals surface area contributed by atoms with E-state index in [2.05, 4.69) is 39.3 Å². The van der Waals surface area contributed by atoms with E-state index in [0.717, 1.165) is 22.9 Å². The zero-order valence-electron chi connectivity index (χ0n) is 17.0. The van der Waals surface area contributed by atoms with Crippen molar-refractivity contribution in [1.82, 2.24) is 9.97 Å². The maximum absolute atomic E-state index is 9.53.